The molecular formula is C22H16Cl5N3O2S. The van der Waals surface area contributed by atoms with Crippen molar-refractivity contribution in [2.24, 2.45) is 5.10 Å². The van der Waals surface area contributed by atoms with Crippen molar-refractivity contribution in [2.75, 3.05) is 0 Å². The zero-order valence-electron chi connectivity index (χ0n) is 16.7. The number of benzene rings is 3. The third kappa shape index (κ3) is 5.60. The number of halogens is 5. The van der Waals surface area contributed by atoms with Crippen LogP contribution >= 0.6 is 58.0 Å². The lowest BCUT2D eigenvalue weighted by Crippen LogP contribution is -2.34. The van der Waals surface area contributed by atoms with Crippen molar-refractivity contribution >= 4 is 73.7 Å². The van der Waals surface area contributed by atoms with E-state index in [1.54, 1.807) is 30.3 Å². The van der Waals surface area contributed by atoms with Crippen molar-refractivity contribution in [3.05, 3.63) is 96.9 Å². The van der Waals surface area contributed by atoms with Crippen molar-refractivity contribution in [1.82, 2.24) is 10.1 Å². The van der Waals surface area contributed by atoms with Gasteiger partial charge in [0.05, 0.1) is 22.8 Å². The SMILES string of the molecule is O=S(=O)(NC(C1=NNC(c2ccc(Cl)cc2)C1)c1ccc(Cl)cc1Cl)c1cc(Cl)ccc1Cl. The van der Waals surface area contributed by atoms with Crippen molar-refractivity contribution in [2.45, 2.75) is 23.4 Å². The molecule has 172 valence electrons. The van der Waals surface area contributed by atoms with E-state index in [1.165, 1.54) is 18.2 Å². The molecule has 1 heterocycles. The number of hydrogen-bond donors (Lipinski definition) is 2. The third-order valence-corrected chi connectivity index (χ3v) is 8.07. The number of nitrogens with zero attached hydrogens (tertiary/aromatic N) is 1. The van der Waals surface area contributed by atoms with Gasteiger partial charge in [-0.05, 0) is 53.6 Å². The van der Waals surface area contributed by atoms with E-state index in [4.69, 9.17) is 58.0 Å². The van der Waals surface area contributed by atoms with Crippen molar-refractivity contribution < 1.29 is 8.42 Å². The second kappa shape index (κ2) is 10.0. The fraction of sp³-hybridized carbons (Fsp3) is 0.136. The molecule has 0 saturated carbocycles. The normalized spacial score (nSPS) is 16.9. The molecule has 0 saturated heterocycles. The van der Waals surface area contributed by atoms with E-state index in [0.717, 1.165) is 5.56 Å². The fourth-order valence-corrected chi connectivity index (χ4v) is 6.09. The van der Waals surface area contributed by atoms with Crippen LogP contribution in [0, 0.1) is 0 Å². The van der Waals surface area contributed by atoms with E-state index in [9.17, 15) is 8.42 Å². The predicted octanol–water partition coefficient (Wildman–Crippen LogP) is 7.06. The highest BCUT2D eigenvalue weighted by atomic mass is 35.5. The van der Waals surface area contributed by atoms with E-state index >= 15 is 0 Å². The van der Waals surface area contributed by atoms with Gasteiger partial charge in [0.25, 0.3) is 0 Å². The Bertz CT molecular complexity index is 1330. The van der Waals surface area contributed by atoms with Crippen molar-refractivity contribution in [3.8, 4) is 0 Å². The van der Waals surface area contributed by atoms with E-state index < -0.39 is 16.1 Å². The molecule has 11 heteroatoms. The second-order valence-corrected chi connectivity index (χ2v) is 11.1. The van der Waals surface area contributed by atoms with Gasteiger partial charge in [0, 0.05) is 26.5 Å². The maximum Gasteiger partial charge on any atom is 0.243 e. The lowest BCUT2D eigenvalue weighted by Gasteiger charge is -2.21. The fourth-order valence-electron chi connectivity index (χ4n) is 3.48. The summed E-state index contributed by atoms with van der Waals surface area (Å²) in [4.78, 5) is -0.146. The van der Waals surface area contributed by atoms with Crippen LogP contribution in [0.25, 0.3) is 0 Å². The third-order valence-electron chi connectivity index (χ3n) is 5.11. The zero-order chi connectivity index (χ0) is 23.8. The summed E-state index contributed by atoms with van der Waals surface area (Å²) in [5.41, 5.74) is 5.06. The molecule has 0 fully saturated rings. The van der Waals surface area contributed by atoms with Gasteiger partial charge in [-0.3, -0.25) is 0 Å². The molecule has 2 unspecified atom stereocenters. The predicted molar refractivity (Wildman–Crippen MR) is 135 cm³/mol. The Morgan fingerprint density at radius 2 is 1.48 bits per heavy atom. The van der Waals surface area contributed by atoms with Crippen LogP contribution in [0.5, 0.6) is 0 Å². The first-order valence-corrected chi connectivity index (χ1v) is 13.0. The Morgan fingerprint density at radius 3 is 2.18 bits per heavy atom. The van der Waals surface area contributed by atoms with Gasteiger partial charge >= 0.3 is 0 Å². The van der Waals surface area contributed by atoms with E-state index in [1.807, 2.05) is 12.1 Å². The molecule has 1 aliphatic heterocycles. The van der Waals surface area contributed by atoms with Gasteiger partial charge < -0.3 is 5.43 Å². The molecule has 0 aliphatic carbocycles. The molecule has 33 heavy (non-hydrogen) atoms. The summed E-state index contributed by atoms with van der Waals surface area (Å²) >= 11 is 30.7. The van der Waals surface area contributed by atoms with Crippen LogP contribution in [0.15, 0.2) is 70.7 Å². The van der Waals surface area contributed by atoms with E-state index in [0.29, 0.717) is 32.8 Å². The number of sulfonamides is 1. The van der Waals surface area contributed by atoms with Gasteiger partial charge in [0.2, 0.25) is 10.0 Å². The molecular weight excluding hydrogens is 548 g/mol. The average Bonchev–Trinajstić information content (AvgIpc) is 3.25. The summed E-state index contributed by atoms with van der Waals surface area (Å²) < 4.78 is 29.3. The maximum absolute atomic E-state index is 13.3. The number of hydrogen-bond acceptors (Lipinski definition) is 4. The summed E-state index contributed by atoms with van der Waals surface area (Å²) in [5.74, 6) is 0. The van der Waals surface area contributed by atoms with Gasteiger partial charge in [0.1, 0.15) is 4.90 Å². The topological polar surface area (TPSA) is 70.6 Å². The summed E-state index contributed by atoms with van der Waals surface area (Å²) in [5, 5.41) is 6.05. The Kier molecular flexibility index (Phi) is 7.46. The first kappa shape index (κ1) is 24.6. The summed E-state index contributed by atoms with van der Waals surface area (Å²) in [6, 6.07) is 15.4. The molecule has 0 bridgehead atoms. The standard InChI is InChI=1S/C22H16Cl5N3O2S/c23-13-3-1-12(2-4-13)19-11-20(29-28-19)22(16-7-5-14(24)9-18(16)27)30-33(31,32)21-10-15(25)6-8-17(21)26/h1-10,19,22,28,30H,11H2. The van der Waals surface area contributed by atoms with Gasteiger partial charge in [-0.1, -0.05) is 76.2 Å². The molecule has 0 amide bonds. The van der Waals surface area contributed by atoms with Gasteiger partial charge in [-0.2, -0.15) is 9.82 Å². The monoisotopic (exact) mass is 561 g/mol. The lowest BCUT2D eigenvalue weighted by molar-refractivity contribution is 0.576. The minimum Gasteiger partial charge on any atom is -0.302 e. The van der Waals surface area contributed by atoms with E-state index in [2.05, 4.69) is 15.2 Å². The molecule has 5 nitrogen and oxygen atoms in total. The molecule has 2 N–H and O–H groups in total. The summed E-state index contributed by atoms with van der Waals surface area (Å²) in [6.45, 7) is 0. The van der Waals surface area contributed by atoms with Gasteiger partial charge in [-0.25, -0.2) is 8.42 Å². The Labute approximate surface area is 216 Å². The van der Waals surface area contributed by atoms with Crippen LogP contribution in [0.1, 0.15) is 29.6 Å². The highest BCUT2D eigenvalue weighted by molar-refractivity contribution is 7.89. The molecule has 0 radical (unpaired) electrons. The number of nitrogens with one attached hydrogen (secondary N) is 2. The summed E-state index contributed by atoms with van der Waals surface area (Å²) in [7, 11) is -4.10. The molecule has 4 rings (SSSR count). The molecule has 2 atom stereocenters. The molecule has 0 aromatic heterocycles. The van der Waals surface area contributed by atoms with E-state index in [-0.39, 0.29) is 21.0 Å². The van der Waals surface area contributed by atoms with Crippen LogP contribution in [0.2, 0.25) is 25.1 Å². The van der Waals surface area contributed by atoms with Crippen LogP contribution in [0.3, 0.4) is 0 Å². The Balaban J connectivity index is 1.70. The van der Waals surface area contributed by atoms with Crippen molar-refractivity contribution in [3.63, 3.8) is 0 Å². The molecule has 3 aromatic rings. The smallest absolute Gasteiger partial charge is 0.243 e. The zero-order valence-corrected chi connectivity index (χ0v) is 21.3. The average molecular weight is 564 g/mol. The lowest BCUT2D eigenvalue weighted by atomic mass is 9.96. The Hall–Kier alpha value is -1.51. The first-order valence-electron chi connectivity index (χ1n) is 9.64. The van der Waals surface area contributed by atoms with Gasteiger partial charge in [0.15, 0.2) is 0 Å². The minimum absolute atomic E-state index is 0.0402. The van der Waals surface area contributed by atoms with Crippen LogP contribution in [-0.2, 0) is 10.0 Å². The first-order chi connectivity index (χ1) is 15.6. The summed E-state index contributed by atoms with van der Waals surface area (Å²) in [6.07, 6.45) is 0.428. The maximum atomic E-state index is 13.3. The van der Waals surface area contributed by atoms with Crippen LogP contribution in [0.4, 0.5) is 0 Å². The largest absolute Gasteiger partial charge is 0.302 e. The van der Waals surface area contributed by atoms with Crippen molar-refractivity contribution in [1.29, 1.82) is 0 Å². The van der Waals surface area contributed by atoms with Crippen LogP contribution < -0.4 is 10.1 Å². The second-order valence-electron chi connectivity index (χ2n) is 7.34. The highest BCUT2D eigenvalue weighted by Crippen LogP contribution is 2.34. The number of rotatable bonds is 6. The van der Waals surface area contributed by atoms with Gasteiger partial charge in [-0.15, -0.1) is 0 Å². The minimum atomic E-state index is -4.10. The Morgan fingerprint density at radius 1 is 0.848 bits per heavy atom. The quantitative estimate of drug-likeness (QED) is 0.337. The highest BCUT2D eigenvalue weighted by Gasteiger charge is 2.33. The van der Waals surface area contributed by atoms with Crippen LogP contribution in [-0.4, -0.2) is 14.1 Å². The molecule has 1 aliphatic rings. The molecule has 0 spiro atoms. The molecule has 3 aromatic carbocycles. The number of hydrazone groups is 1.